The number of halogens is 2. The fourth-order valence-corrected chi connectivity index (χ4v) is 2.80. The van der Waals surface area contributed by atoms with Crippen LogP contribution in [0.2, 0.25) is 4.34 Å². The minimum atomic E-state index is 0.697. The molecule has 0 saturated heterocycles. The van der Waals surface area contributed by atoms with Crippen LogP contribution in [-0.2, 0) is 6.54 Å². The first-order valence-corrected chi connectivity index (χ1v) is 7.01. The fraction of sp³-hybridized carbons (Fsp3) is 0.636. The highest BCUT2D eigenvalue weighted by molar-refractivity contribution is 7.16. The van der Waals surface area contributed by atoms with Gasteiger partial charge in [-0.3, -0.25) is 4.90 Å². The second kappa shape index (κ2) is 7.50. The van der Waals surface area contributed by atoms with Gasteiger partial charge in [0.15, 0.2) is 0 Å². The largest absolute Gasteiger partial charge is 0.297 e. The van der Waals surface area contributed by atoms with Crippen LogP contribution in [0, 0.1) is 0 Å². The molecule has 0 bridgehead atoms. The van der Waals surface area contributed by atoms with Gasteiger partial charge in [-0.25, -0.2) is 0 Å². The van der Waals surface area contributed by atoms with Crippen molar-refractivity contribution in [1.82, 2.24) is 4.90 Å². The summed E-state index contributed by atoms with van der Waals surface area (Å²) in [7, 11) is 0. The number of hydrogen-bond donors (Lipinski definition) is 0. The summed E-state index contributed by atoms with van der Waals surface area (Å²) >= 11 is 13.3. The molecule has 86 valence electrons. The van der Waals surface area contributed by atoms with Crippen LogP contribution >= 0.6 is 34.5 Å². The van der Waals surface area contributed by atoms with Crippen molar-refractivity contribution < 1.29 is 0 Å². The molecular formula is C11H17Cl2NS. The molecule has 0 aliphatic heterocycles. The van der Waals surface area contributed by atoms with Gasteiger partial charge in [-0.15, -0.1) is 22.9 Å². The Balaban J connectivity index is 2.42. The molecule has 0 saturated carbocycles. The SMILES string of the molecule is CCCCN(CCCl)Cc1ccc(Cl)s1. The van der Waals surface area contributed by atoms with Crippen molar-refractivity contribution >= 4 is 34.5 Å². The number of unbranched alkanes of at least 4 members (excludes halogenated alkanes) is 1. The molecule has 0 aliphatic rings. The van der Waals surface area contributed by atoms with E-state index in [1.165, 1.54) is 17.7 Å². The smallest absolute Gasteiger partial charge is 0.0931 e. The minimum Gasteiger partial charge on any atom is -0.297 e. The number of nitrogens with zero attached hydrogens (tertiary/aromatic N) is 1. The lowest BCUT2D eigenvalue weighted by Gasteiger charge is -2.19. The third-order valence-corrected chi connectivity index (χ3v) is 3.62. The van der Waals surface area contributed by atoms with Crippen molar-refractivity contribution in [3.05, 3.63) is 21.3 Å². The molecule has 1 aromatic rings. The Labute approximate surface area is 106 Å². The topological polar surface area (TPSA) is 3.24 Å². The molecule has 15 heavy (non-hydrogen) atoms. The van der Waals surface area contributed by atoms with Gasteiger partial charge in [0.1, 0.15) is 0 Å². The van der Waals surface area contributed by atoms with Gasteiger partial charge < -0.3 is 0 Å². The summed E-state index contributed by atoms with van der Waals surface area (Å²) in [6, 6.07) is 4.06. The van der Waals surface area contributed by atoms with E-state index in [-0.39, 0.29) is 0 Å². The highest BCUT2D eigenvalue weighted by atomic mass is 35.5. The highest BCUT2D eigenvalue weighted by Gasteiger charge is 2.06. The monoisotopic (exact) mass is 265 g/mol. The lowest BCUT2D eigenvalue weighted by molar-refractivity contribution is 0.279. The second-order valence-electron chi connectivity index (χ2n) is 3.52. The Hall–Kier alpha value is 0.240. The second-order valence-corrected chi connectivity index (χ2v) is 5.70. The zero-order valence-corrected chi connectivity index (χ0v) is 11.3. The Morgan fingerprint density at radius 1 is 1.33 bits per heavy atom. The van der Waals surface area contributed by atoms with Crippen molar-refractivity contribution in [2.75, 3.05) is 19.0 Å². The summed E-state index contributed by atoms with van der Waals surface area (Å²) < 4.78 is 0.867. The van der Waals surface area contributed by atoms with Crippen LogP contribution in [0.3, 0.4) is 0 Å². The van der Waals surface area contributed by atoms with Gasteiger partial charge in [0, 0.05) is 23.8 Å². The maximum Gasteiger partial charge on any atom is 0.0931 e. The van der Waals surface area contributed by atoms with Gasteiger partial charge in [0.25, 0.3) is 0 Å². The van der Waals surface area contributed by atoms with Crippen molar-refractivity contribution in [3.63, 3.8) is 0 Å². The van der Waals surface area contributed by atoms with E-state index in [0.717, 1.165) is 24.0 Å². The molecule has 1 rings (SSSR count). The molecular weight excluding hydrogens is 249 g/mol. The van der Waals surface area contributed by atoms with Gasteiger partial charge in [0.05, 0.1) is 4.34 Å². The van der Waals surface area contributed by atoms with E-state index >= 15 is 0 Å². The lowest BCUT2D eigenvalue weighted by atomic mass is 10.3. The molecule has 0 unspecified atom stereocenters. The molecule has 0 radical (unpaired) electrons. The van der Waals surface area contributed by atoms with Crippen LogP contribution in [-0.4, -0.2) is 23.9 Å². The standard InChI is InChI=1S/C11H17Cl2NS/c1-2-3-7-14(8-6-12)9-10-4-5-11(13)15-10/h4-5H,2-3,6-9H2,1H3. The Kier molecular flexibility index (Phi) is 6.66. The number of hydrogen-bond acceptors (Lipinski definition) is 2. The van der Waals surface area contributed by atoms with Crippen molar-refractivity contribution in [2.45, 2.75) is 26.3 Å². The predicted molar refractivity (Wildman–Crippen MR) is 70.2 cm³/mol. The van der Waals surface area contributed by atoms with E-state index in [1.807, 2.05) is 6.07 Å². The zero-order valence-electron chi connectivity index (χ0n) is 9.01. The molecule has 1 heterocycles. The molecule has 0 aromatic carbocycles. The highest BCUT2D eigenvalue weighted by Crippen LogP contribution is 2.22. The van der Waals surface area contributed by atoms with Crippen molar-refractivity contribution in [1.29, 1.82) is 0 Å². The maximum atomic E-state index is 5.90. The third kappa shape index (κ3) is 5.21. The van der Waals surface area contributed by atoms with Gasteiger partial charge in [0.2, 0.25) is 0 Å². The summed E-state index contributed by atoms with van der Waals surface area (Å²) in [6.07, 6.45) is 2.46. The van der Waals surface area contributed by atoms with Crippen LogP contribution in [0.5, 0.6) is 0 Å². The van der Waals surface area contributed by atoms with E-state index in [9.17, 15) is 0 Å². The van der Waals surface area contributed by atoms with Gasteiger partial charge >= 0.3 is 0 Å². The zero-order chi connectivity index (χ0) is 11.1. The van der Waals surface area contributed by atoms with Gasteiger partial charge in [-0.2, -0.15) is 0 Å². The summed E-state index contributed by atoms with van der Waals surface area (Å²) in [4.78, 5) is 3.71. The first-order chi connectivity index (χ1) is 7.26. The van der Waals surface area contributed by atoms with E-state index in [0.29, 0.717) is 5.88 Å². The fourth-order valence-electron chi connectivity index (χ4n) is 1.43. The van der Waals surface area contributed by atoms with Crippen LogP contribution in [0.15, 0.2) is 12.1 Å². The van der Waals surface area contributed by atoms with E-state index < -0.39 is 0 Å². The molecule has 0 fully saturated rings. The summed E-state index contributed by atoms with van der Waals surface area (Å²) in [5.41, 5.74) is 0. The van der Waals surface area contributed by atoms with Gasteiger partial charge in [-0.05, 0) is 25.1 Å². The normalized spacial score (nSPS) is 11.2. The average Bonchev–Trinajstić information content (AvgIpc) is 2.61. The van der Waals surface area contributed by atoms with Crippen LogP contribution in [0.1, 0.15) is 24.6 Å². The maximum absolute atomic E-state index is 5.90. The minimum absolute atomic E-state index is 0.697. The van der Waals surface area contributed by atoms with Crippen LogP contribution < -0.4 is 0 Å². The summed E-state index contributed by atoms with van der Waals surface area (Å²) in [5.74, 6) is 0.697. The summed E-state index contributed by atoms with van der Waals surface area (Å²) in [6.45, 7) is 5.26. The molecule has 1 nitrogen and oxygen atoms in total. The quantitative estimate of drug-likeness (QED) is 0.667. The molecule has 0 amide bonds. The Morgan fingerprint density at radius 2 is 2.13 bits per heavy atom. The first-order valence-electron chi connectivity index (χ1n) is 5.28. The van der Waals surface area contributed by atoms with Gasteiger partial charge in [-0.1, -0.05) is 24.9 Å². The Bertz CT molecular complexity index is 275. The van der Waals surface area contributed by atoms with Crippen LogP contribution in [0.4, 0.5) is 0 Å². The molecule has 4 heteroatoms. The molecule has 0 N–H and O–H groups in total. The van der Waals surface area contributed by atoms with Crippen molar-refractivity contribution in [2.24, 2.45) is 0 Å². The van der Waals surface area contributed by atoms with Crippen molar-refractivity contribution in [3.8, 4) is 0 Å². The lowest BCUT2D eigenvalue weighted by Crippen LogP contribution is -2.26. The van der Waals surface area contributed by atoms with E-state index in [4.69, 9.17) is 23.2 Å². The molecule has 0 aliphatic carbocycles. The average molecular weight is 266 g/mol. The summed E-state index contributed by atoms with van der Waals surface area (Å²) in [5, 5.41) is 0. The van der Waals surface area contributed by atoms with E-state index in [1.54, 1.807) is 11.3 Å². The molecule has 0 atom stereocenters. The first kappa shape index (κ1) is 13.3. The van der Waals surface area contributed by atoms with E-state index in [2.05, 4.69) is 17.9 Å². The van der Waals surface area contributed by atoms with Crippen LogP contribution in [0.25, 0.3) is 0 Å². The Morgan fingerprint density at radius 3 is 2.67 bits per heavy atom. The number of thiophene rings is 1. The number of alkyl halides is 1. The predicted octanol–water partition coefficient (Wildman–Crippen LogP) is 4.24. The molecule has 1 aromatic heterocycles. The number of rotatable bonds is 7. The molecule has 0 spiro atoms. The third-order valence-electron chi connectivity index (χ3n) is 2.24.